The van der Waals surface area contributed by atoms with Gasteiger partial charge in [-0.15, -0.1) is 0 Å². The van der Waals surface area contributed by atoms with Gasteiger partial charge < -0.3 is 14.7 Å². The Morgan fingerprint density at radius 2 is 1.85 bits per heavy atom. The molecule has 5 nitrogen and oxygen atoms in total. The van der Waals surface area contributed by atoms with Gasteiger partial charge in [-0.1, -0.05) is 12.1 Å². The number of hydrogen-bond donors (Lipinski definition) is 1. The highest BCUT2D eigenvalue weighted by Gasteiger charge is 2.10. The van der Waals surface area contributed by atoms with Gasteiger partial charge in [0.2, 0.25) is 0 Å². The van der Waals surface area contributed by atoms with E-state index in [2.05, 4.69) is 0 Å². The number of ether oxygens (including phenoxy) is 1. The van der Waals surface area contributed by atoms with E-state index in [1.165, 1.54) is 0 Å². The predicted molar refractivity (Wildman–Crippen MR) is 79.1 cm³/mol. The number of carboxylic acid groups (broad SMARTS) is 1. The van der Waals surface area contributed by atoms with Gasteiger partial charge >= 0.3 is 5.97 Å². The number of rotatable bonds is 9. The Morgan fingerprint density at radius 1 is 1.20 bits per heavy atom. The zero-order valence-electron chi connectivity index (χ0n) is 12.5. The lowest BCUT2D eigenvalue weighted by Gasteiger charge is -2.22. The lowest BCUT2D eigenvalue weighted by molar-refractivity contribution is -0.138. The maximum absolute atomic E-state index is 10.9. The zero-order chi connectivity index (χ0) is 15.0. The molecule has 112 valence electrons. The molecule has 0 saturated heterocycles. The fraction of sp³-hybridized carbons (Fsp3) is 0.533. The van der Waals surface area contributed by atoms with Crippen molar-refractivity contribution >= 4 is 5.97 Å². The smallest absolute Gasteiger partial charge is 0.317 e. The summed E-state index contributed by atoms with van der Waals surface area (Å²) in [5.41, 5.74) is 1.09. The van der Waals surface area contributed by atoms with Crippen molar-refractivity contribution in [1.29, 1.82) is 0 Å². The van der Waals surface area contributed by atoms with Crippen molar-refractivity contribution in [1.82, 2.24) is 9.80 Å². The number of carbonyl (C=O) groups is 1. The van der Waals surface area contributed by atoms with Crippen LogP contribution in [0.15, 0.2) is 24.3 Å². The fourth-order valence-corrected chi connectivity index (χ4v) is 1.86. The van der Waals surface area contributed by atoms with Crippen LogP contribution in [0.3, 0.4) is 0 Å². The molecule has 0 unspecified atom stereocenters. The Bertz CT molecular complexity index is 404. The number of carboxylic acids is 1. The van der Waals surface area contributed by atoms with Crippen LogP contribution in [0, 0.1) is 0 Å². The van der Waals surface area contributed by atoms with Crippen LogP contribution >= 0.6 is 0 Å². The Hall–Kier alpha value is -1.59. The zero-order valence-corrected chi connectivity index (χ0v) is 12.5. The average molecular weight is 280 g/mol. The largest absolute Gasteiger partial charge is 0.494 e. The van der Waals surface area contributed by atoms with E-state index < -0.39 is 5.97 Å². The van der Waals surface area contributed by atoms with Gasteiger partial charge in [-0.05, 0) is 38.7 Å². The molecular weight excluding hydrogens is 256 g/mol. The summed E-state index contributed by atoms with van der Waals surface area (Å²) in [6.07, 6.45) is 0. The van der Waals surface area contributed by atoms with Gasteiger partial charge in [-0.25, -0.2) is 0 Å². The molecule has 20 heavy (non-hydrogen) atoms. The molecule has 0 atom stereocenters. The molecule has 0 heterocycles. The molecule has 0 aliphatic heterocycles. The standard InChI is InChI=1S/C15H24N2O3/c1-4-20-14-7-5-13(6-8-14)11-17(12-15(18)19)10-9-16(2)3/h5-8H,4,9-12H2,1-3H3,(H,18,19). The highest BCUT2D eigenvalue weighted by atomic mass is 16.5. The highest BCUT2D eigenvalue weighted by Crippen LogP contribution is 2.13. The van der Waals surface area contributed by atoms with Crippen molar-refractivity contribution in [2.45, 2.75) is 13.5 Å². The Kier molecular flexibility index (Phi) is 7.04. The van der Waals surface area contributed by atoms with E-state index in [1.807, 2.05) is 55.1 Å². The quantitative estimate of drug-likeness (QED) is 0.743. The summed E-state index contributed by atoms with van der Waals surface area (Å²) in [7, 11) is 3.96. The molecule has 1 N–H and O–H groups in total. The molecule has 0 bridgehead atoms. The van der Waals surface area contributed by atoms with Gasteiger partial charge in [0.25, 0.3) is 0 Å². The van der Waals surface area contributed by atoms with E-state index in [9.17, 15) is 4.79 Å². The summed E-state index contributed by atoms with van der Waals surface area (Å²) in [5.74, 6) is 0.0454. The first kappa shape index (κ1) is 16.5. The minimum absolute atomic E-state index is 0.0566. The van der Waals surface area contributed by atoms with Gasteiger partial charge in [0, 0.05) is 19.6 Å². The molecule has 0 aliphatic rings. The van der Waals surface area contributed by atoms with Gasteiger partial charge in [0.15, 0.2) is 0 Å². The van der Waals surface area contributed by atoms with E-state index in [4.69, 9.17) is 9.84 Å². The molecule has 5 heteroatoms. The molecule has 0 aliphatic carbocycles. The van der Waals surface area contributed by atoms with E-state index in [0.29, 0.717) is 13.2 Å². The van der Waals surface area contributed by atoms with Crippen molar-refractivity contribution in [2.24, 2.45) is 0 Å². The van der Waals surface area contributed by atoms with Gasteiger partial charge in [0.1, 0.15) is 5.75 Å². The van der Waals surface area contributed by atoms with Crippen LogP contribution in [0.25, 0.3) is 0 Å². The Labute approximate surface area is 120 Å². The van der Waals surface area contributed by atoms with Crippen LogP contribution in [0.4, 0.5) is 0 Å². The summed E-state index contributed by atoms with van der Waals surface area (Å²) >= 11 is 0. The third kappa shape index (κ3) is 6.54. The van der Waals surface area contributed by atoms with E-state index >= 15 is 0 Å². The first-order chi connectivity index (χ1) is 9.51. The van der Waals surface area contributed by atoms with Gasteiger partial charge in [-0.3, -0.25) is 9.69 Å². The number of likely N-dealkylation sites (N-methyl/N-ethyl adjacent to an activating group) is 1. The minimum Gasteiger partial charge on any atom is -0.494 e. The number of hydrogen-bond acceptors (Lipinski definition) is 4. The number of benzene rings is 1. The third-order valence-corrected chi connectivity index (χ3v) is 2.86. The normalized spacial score (nSPS) is 11.1. The molecule has 0 amide bonds. The lowest BCUT2D eigenvalue weighted by Crippen LogP contribution is -2.35. The van der Waals surface area contributed by atoms with Crippen molar-refractivity contribution in [3.05, 3.63) is 29.8 Å². The van der Waals surface area contributed by atoms with Gasteiger partial charge in [0.05, 0.1) is 13.2 Å². The molecule has 0 fully saturated rings. The van der Waals surface area contributed by atoms with Crippen LogP contribution in [-0.2, 0) is 11.3 Å². The lowest BCUT2D eigenvalue weighted by atomic mass is 10.2. The summed E-state index contributed by atoms with van der Waals surface area (Å²) < 4.78 is 5.39. The van der Waals surface area contributed by atoms with E-state index in [1.54, 1.807) is 0 Å². The van der Waals surface area contributed by atoms with Gasteiger partial charge in [-0.2, -0.15) is 0 Å². The molecule has 0 spiro atoms. The van der Waals surface area contributed by atoms with Crippen LogP contribution in [0.1, 0.15) is 12.5 Å². The number of aliphatic carboxylic acids is 1. The van der Waals surface area contributed by atoms with Crippen molar-refractivity contribution in [3.8, 4) is 5.75 Å². The Morgan fingerprint density at radius 3 is 2.35 bits per heavy atom. The summed E-state index contributed by atoms with van der Waals surface area (Å²) in [6, 6.07) is 7.80. The molecular formula is C15H24N2O3. The van der Waals surface area contributed by atoms with E-state index in [-0.39, 0.29) is 6.54 Å². The second kappa shape index (κ2) is 8.55. The monoisotopic (exact) mass is 280 g/mol. The average Bonchev–Trinajstić information content (AvgIpc) is 2.38. The maximum Gasteiger partial charge on any atom is 0.317 e. The predicted octanol–water partition coefficient (Wildman–Crippen LogP) is 1.53. The molecule has 0 radical (unpaired) electrons. The maximum atomic E-state index is 10.9. The summed E-state index contributed by atoms with van der Waals surface area (Å²) in [6.45, 7) is 4.85. The van der Waals surface area contributed by atoms with Crippen molar-refractivity contribution in [2.75, 3.05) is 40.3 Å². The van der Waals surface area contributed by atoms with Crippen LogP contribution in [-0.4, -0.2) is 61.2 Å². The van der Waals surface area contributed by atoms with E-state index in [0.717, 1.165) is 24.4 Å². The molecule has 0 saturated carbocycles. The second-order valence-corrected chi connectivity index (χ2v) is 4.98. The van der Waals surface area contributed by atoms with Crippen LogP contribution in [0.5, 0.6) is 5.75 Å². The molecule has 0 aromatic heterocycles. The molecule has 1 aromatic rings. The SMILES string of the molecule is CCOc1ccc(CN(CCN(C)C)CC(=O)O)cc1. The molecule has 1 rings (SSSR count). The number of nitrogens with zero attached hydrogens (tertiary/aromatic N) is 2. The Balaban J connectivity index is 2.60. The second-order valence-electron chi connectivity index (χ2n) is 4.98. The van der Waals surface area contributed by atoms with Crippen LogP contribution < -0.4 is 4.74 Å². The topological polar surface area (TPSA) is 53.0 Å². The van der Waals surface area contributed by atoms with Crippen molar-refractivity contribution in [3.63, 3.8) is 0 Å². The van der Waals surface area contributed by atoms with Crippen LogP contribution in [0.2, 0.25) is 0 Å². The van der Waals surface area contributed by atoms with Crippen molar-refractivity contribution < 1.29 is 14.6 Å². The summed E-state index contributed by atoms with van der Waals surface area (Å²) in [4.78, 5) is 14.9. The third-order valence-electron chi connectivity index (χ3n) is 2.86. The first-order valence-electron chi connectivity index (χ1n) is 6.82. The highest BCUT2D eigenvalue weighted by molar-refractivity contribution is 5.69. The minimum atomic E-state index is -0.797. The first-order valence-corrected chi connectivity index (χ1v) is 6.82. The molecule has 1 aromatic carbocycles. The summed E-state index contributed by atoms with van der Waals surface area (Å²) in [5, 5.41) is 8.97. The fourth-order valence-electron chi connectivity index (χ4n) is 1.86.